The molecule has 1 aromatic heterocycles. The number of hydrogen-bond acceptors (Lipinski definition) is 4. The van der Waals surface area contributed by atoms with Crippen LogP contribution in [0.15, 0.2) is 36.5 Å². The van der Waals surface area contributed by atoms with Gasteiger partial charge in [-0.2, -0.15) is 0 Å². The molecular formula is C14H16N2O2. The van der Waals surface area contributed by atoms with Crippen molar-refractivity contribution in [3.8, 4) is 0 Å². The molecule has 0 aliphatic heterocycles. The van der Waals surface area contributed by atoms with E-state index < -0.39 is 0 Å². The summed E-state index contributed by atoms with van der Waals surface area (Å²) in [5.41, 5.74) is 2.04. The van der Waals surface area contributed by atoms with Crippen LogP contribution < -0.4 is 5.32 Å². The van der Waals surface area contributed by atoms with Crippen LogP contribution in [0, 0.1) is 0 Å². The van der Waals surface area contributed by atoms with Crippen LogP contribution in [-0.2, 0) is 16.1 Å². The first-order chi connectivity index (χ1) is 8.72. The maximum Gasteiger partial charge on any atom is 0.322 e. The van der Waals surface area contributed by atoms with E-state index in [1.807, 2.05) is 30.3 Å². The Hall–Kier alpha value is -1.94. The van der Waals surface area contributed by atoms with Crippen LogP contribution in [0.4, 0.5) is 0 Å². The minimum Gasteiger partial charge on any atom is -0.468 e. The zero-order valence-corrected chi connectivity index (χ0v) is 10.5. The zero-order valence-electron chi connectivity index (χ0n) is 10.5. The predicted molar refractivity (Wildman–Crippen MR) is 70.1 cm³/mol. The predicted octanol–water partition coefficient (Wildman–Crippen LogP) is 1.89. The quantitative estimate of drug-likeness (QED) is 0.834. The molecule has 1 atom stereocenters. The van der Waals surface area contributed by atoms with Gasteiger partial charge in [0.1, 0.15) is 6.04 Å². The number of pyridine rings is 1. The molecule has 0 spiro atoms. The minimum atomic E-state index is -0.325. The van der Waals surface area contributed by atoms with Crippen molar-refractivity contribution in [3.05, 3.63) is 42.1 Å². The molecule has 0 bridgehead atoms. The van der Waals surface area contributed by atoms with Gasteiger partial charge in [-0.3, -0.25) is 9.78 Å². The number of hydrogen-bond donors (Lipinski definition) is 1. The van der Waals surface area contributed by atoms with Gasteiger partial charge in [0.15, 0.2) is 0 Å². The molecule has 0 amide bonds. The number of esters is 1. The van der Waals surface area contributed by atoms with E-state index in [-0.39, 0.29) is 12.0 Å². The number of nitrogens with zero attached hydrogens (tertiary/aromatic N) is 1. The summed E-state index contributed by atoms with van der Waals surface area (Å²) in [6.45, 7) is 2.37. The number of fused-ring (bicyclic) bond motifs is 1. The van der Waals surface area contributed by atoms with E-state index in [0.29, 0.717) is 6.54 Å². The summed E-state index contributed by atoms with van der Waals surface area (Å²) < 4.78 is 4.67. The van der Waals surface area contributed by atoms with E-state index >= 15 is 0 Å². The number of para-hydroxylation sites is 1. The topological polar surface area (TPSA) is 51.2 Å². The standard InChI is InChI=1S/C14H16N2O2/c1-10(14(17)18-2)16-9-12-6-3-5-11-7-4-8-15-13(11)12/h3-8,10,16H,9H2,1-2H3. The molecule has 0 saturated heterocycles. The molecule has 94 valence electrons. The molecule has 0 fully saturated rings. The molecule has 0 aliphatic rings. The Morgan fingerprint density at radius 3 is 2.94 bits per heavy atom. The van der Waals surface area contributed by atoms with Crippen molar-refractivity contribution in [1.29, 1.82) is 0 Å². The lowest BCUT2D eigenvalue weighted by Crippen LogP contribution is -2.34. The number of ether oxygens (including phenoxy) is 1. The van der Waals surface area contributed by atoms with Gasteiger partial charge in [0.25, 0.3) is 0 Å². The Kier molecular flexibility index (Phi) is 3.89. The van der Waals surface area contributed by atoms with Gasteiger partial charge in [-0.15, -0.1) is 0 Å². The number of carbonyl (C=O) groups is 1. The Balaban J connectivity index is 2.15. The zero-order chi connectivity index (χ0) is 13.0. The molecule has 4 heteroatoms. The van der Waals surface area contributed by atoms with Gasteiger partial charge in [-0.1, -0.05) is 24.3 Å². The number of nitrogens with one attached hydrogen (secondary N) is 1. The summed E-state index contributed by atoms with van der Waals surface area (Å²) in [5.74, 6) is -0.261. The number of benzene rings is 1. The number of methoxy groups -OCH3 is 1. The lowest BCUT2D eigenvalue weighted by Gasteiger charge is -2.12. The molecule has 1 unspecified atom stereocenters. The molecule has 18 heavy (non-hydrogen) atoms. The third-order valence-corrected chi connectivity index (χ3v) is 2.87. The van der Waals surface area contributed by atoms with Crippen LogP contribution in [-0.4, -0.2) is 24.1 Å². The fourth-order valence-electron chi connectivity index (χ4n) is 1.83. The highest BCUT2D eigenvalue weighted by Crippen LogP contribution is 2.15. The van der Waals surface area contributed by atoms with Gasteiger partial charge < -0.3 is 10.1 Å². The van der Waals surface area contributed by atoms with E-state index in [4.69, 9.17) is 0 Å². The second kappa shape index (κ2) is 5.60. The number of rotatable bonds is 4. The second-order valence-electron chi connectivity index (χ2n) is 4.12. The largest absolute Gasteiger partial charge is 0.468 e. The van der Waals surface area contributed by atoms with E-state index in [9.17, 15) is 4.79 Å². The molecule has 1 aromatic carbocycles. The van der Waals surface area contributed by atoms with Crippen molar-refractivity contribution in [1.82, 2.24) is 10.3 Å². The second-order valence-corrected chi connectivity index (χ2v) is 4.12. The lowest BCUT2D eigenvalue weighted by molar-refractivity contribution is -0.142. The molecule has 0 aliphatic carbocycles. The van der Waals surface area contributed by atoms with Crippen molar-refractivity contribution in [2.24, 2.45) is 0 Å². The van der Waals surface area contributed by atoms with Crippen LogP contribution in [0.3, 0.4) is 0 Å². The van der Waals surface area contributed by atoms with Crippen LogP contribution in [0.5, 0.6) is 0 Å². The monoisotopic (exact) mass is 244 g/mol. The van der Waals surface area contributed by atoms with Crippen LogP contribution in [0.1, 0.15) is 12.5 Å². The molecule has 0 saturated carbocycles. The van der Waals surface area contributed by atoms with Crippen molar-refractivity contribution < 1.29 is 9.53 Å². The van der Waals surface area contributed by atoms with E-state index in [1.165, 1.54) is 7.11 Å². The summed E-state index contributed by atoms with van der Waals surface area (Å²) in [7, 11) is 1.39. The molecule has 4 nitrogen and oxygen atoms in total. The van der Waals surface area contributed by atoms with Crippen molar-refractivity contribution in [2.75, 3.05) is 7.11 Å². The first-order valence-corrected chi connectivity index (χ1v) is 5.86. The summed E-state index contributed by atoms with van der Waals surface area (Å²) in [5, 5.41) is 4.23. The maximum absolute atomic E-state index is 11.3. The highest BCUT2D eigenvalue weighted by Gasteiger charge is 2.12. The molecule has 2 aromatic rings. The van der Waals surface area contributed by atoms with Gasteiger partial charge in [-0.05, 0) is 18.6 Å². The Bertz CT molecular complexity index is 549. The molecule has 0 radical (unpaired) electrons. The summed E-state index contributed by atoms with van der Waals surface area (Å²) in [6, 6.07) is 9.63. The maximum atomic E-state index is 11.3. The van der Waals surface area contributed by atoms with E-state index in [0.717, 1.165) is 16.5 Å². The van der Waals surface area contributed by atoms with Gasteiger partial charge in [-0.25, -0.2) is 0 Å². The van der Waals surface area contributed by atoms with Crippen molar-refractivity contribution in [3.63, 3.8) is 0 Å². The summed E-state index contributed by atoms with van der Waals surface area (Å²) in [6.07, 6.45) is 1.77. The molecular weight excluding hydrogens is 228 g/mol. The average Bonchev–Trinajstić information content (AvgIpc) is 2.43. The average molecular weight is 244 g/mol. The first-order valence-electron chi connectivity index (χ1n) is 5.86. The third kappa shape index (κ3) is 2.65. The van der Waals surface area contributed by atoms with Crippen LogP contribution >= 0.6 is 0 Å². The first kappa shape index (κ1) is 12.5. The Labute approximate surface area is 106 Å². The number of aromatic nitrogens is 1. The van der Waals surface area contributed by atoms with Crippen LogP contribution in [0.25, 0.3) is 10.9 Å². The lowest BCUT2D eigenvalue weighted by atomic mass is 10.1. The highest BCUT2D eigenvalue weighted by molar-refractivity contribution is 5.81. The minimum absolute atomic E-state index is 0.261. The summed E-state index contributed by atoms with van der Waals surface area (Å²) >= 11 is 0. The van der Waals surface area contributed by atoms with Gasteiger partial charge >= 0.3 is 5.97 Å². The Morgan fingerprint density at radius 1 is 1.39 bits per heavy atom. The summed E-state index contributed by atoms with van der Waals surface area (Å²) in [4.78, 5) is 15.7. The van der Waals surface area contributed by atoms with E-state index in [1.54, 1.807) is 13.1 Å². The molecule has 1 N–H and O–H groups in total. The highest BCUT2D eigenvalue weighted by atomic mass is 16.5. The fraction of sp³-hybridized carbons (Fsp3) is 0.286. The smallest absolute Gasteiger partial charge is 0.322 e. The van der Waals surface area contributed by atoms with Crippen molar-refractivity contribution >= 4 is 16.9 Å². The van der Waals surface area contributed by atoms with Crippen molar-refractivity contribution in [2.45, 2.75) is 19.5 Å². The van der Waals surface area contributed by atoms with Gasteiger partial charge in [0.05, 0.1) is 12.6 Å². The fourth-order valence-corrected chi connectivity index (χ4v) is 1.83. The third-order valence-electron chi connectivity index (χ3n) is 2.87. The SMILES string of the molecule is COC(=O)C(C)NCc1cccc2cccnc12. The molecule has 1 heterocycles. The van der Waals surface area contributed by atoms with Crippen LogP contribution in [0.2, 0.25) is 0 Å². The molecule has 2 rings (SSSR count). The Morgan fingerprint density at radius 2 is 2.17 bits per heavy atom. The van der Waals surface area contributed by atoms with Gasteiger partial charge in [0.2, 0.25) is 0 Å². The normalized spacial score (nSPS) is 12.3. The van der Waals surface area contributed by atoms with Gasteiger partial charge in [0, 0.05) is 18.1 Å². The van der Waals surface area contributed by atoms with E-state index in [2.05, 4.69) is 15.0 Å². The number of carbonyl (C=O) groups excluding carboxylic acids is 1.